The Kier molecular flexibility index (Phi) is 2.70. The van der Waals surface area contributed by atoms with E-state index in [1.165, 1.54) is 7.11 Å². The normalized spacial score (nSPS) is 9.50. The molecule has 1 N–H and O–H groups in total. The molecule has 12 heavy (non-hydrogen) atoms. The molecular weight excluding hydrogens is 224 g/mol. The van der Waals surface area contributed by atoms with E-state index in [4.69, 9.17) is 4.74 Å². The molecular formula is C8H7BrO3. The lowest BCUT2D eigenvalue weighted by molar-refractivity contribution is 0.111. The van der Waals surface area contributed by atoms with Crippen molar-refractivity contribution in [2.75, 3.05) is 7.11 Å². The van der Waals surface area contributed by atoms with E-state index >= 15 is 0 Å². The summed E-state index contributed by atoms with van der Waals surface area (Å²) in [5, 5.41) is 9.35. The first-order chi connectivity index (χ1) is 5.70. The maximum Gasteiger partial charge on any atom is 0.157 e. The highest BCUT2D eigenvalue weighted by Crippen LogP contribution is 2.32. The van der Waals surface area contributed by atoms with Gasteiger partial charge in [0.15, 0.2) is 6.29 Å². The van der Waals surface area contributed by atoms with Gasteiger partial charge in [0.2, 0.25) is 0 Å². The number of phenolic OH excluding ortho intramolecular Hbond substituents is 1. The van der Waals surface area contributed by atoms with Crippen molar-refractivity contribution in [3.63, 3.8) is 0 Å². The van der Waals surface area contributed by atoms with Crippen LogP contribution in [0.5, 0.6) is 11.5 Å². The molecule has 1 aromatic rings. The third kappa shape index (κ3) is 1.43. The van der Waals surface area contributed by atoms with Crippen LogP contribution >= 0.6 is 15.9 Å². The summed E-state index contributed by atoms with van der Waals surface area (Å²) in [6, 6.07) is 3.22. The van der Waals surface area contributed by atoms with Gasteiger partial charge in [0, 0.05) is 0 Å². The molecule has 0 heterocycles. The van der Waals surface area contributed by atoms with Crippen molar-refractivity contribution in [1.29, 1.82) is 0 Å². The van der Waals surface area contributed by atoms with Crippen molar-refractivity contribution >= 4 is 22.2 Å². The van der Waals surface area contributed by atoms with Crippen LogP contribution in [-0.2, 0) is 0 Å². The number of aldehydes is 1. The average molecular weight is 231 g/mol. The predicted molar refractivity (Wildman–Crippen MR) is 47.7 cm³/mol. The number of aromatic hydroxyl groups is 1. The summed E-state index contributed by atoms with van der Waals surface area (Å²) in [5.74, 6) is 0.273. The molecule has 0 fully saturated rings. The van der Waals surface area contributed by atoms with Gasteiger partial charge in [0.05, 0.1) is 17.1 Å². The Morgan fingerprint density at radius 1 is 1.58 bits per heavy atom. The van der Waals surface area contributed by atoms with E-state index in [1.54, 1.807) is 12.1 Å². The van der Waals surface area contributed by atoms with E-state index in [0.717, 1.165) is 0 Å². The van der Waals surface area contributed by atoms with Crippen molar-refractivity contribution in [2.45, 2.75) is 0 Å². The lowest BCUT2D eigenvalue weighted by Crippen LogP contribution is -1.90. The molecule has 3 nitrogen and oxygen atoms in total. The van der Waals surface area contributed by atoms with Crippen molar-refractivity contribution in [2.24, 2.45) is 0 Å². The minimum Gasteiger partial charge on any atom is -0.506 e. The second kappa shape index (κ2) is 3.58. The number of carbonyl (C=O) groups excluding carboxylic acids is 1. The number of ether oxygens (including phenoxy) is 1. The summed E-state index contributed by atoms with van der Waals surface area (Å²) in [4.78, 5) is 10.5. The van der Waals surface area contributed by atoms with E-state index in [-0.39, 0.29) is 11.3 Å². The number of carbonyl (C=O) groups is 1. The minimum absolute atomic E-state index is 0.0932. The highest BCUT2D eigenvalue weighted by Gasteiger charge is 2.10. The molecule has 0 saturated carbocycles. The molecule has 0 aliphatic rings. The highest BCUT2D eigenvalue weighted by atomic mass is 79.9. The molecule has 0 aromatic heterocycles. The van der Waals surface area contributed by atoms with Gasteiger partial charge in [-0.1, -0.05) is 0 Å². The molecule has 64 valence electrons. The van der Waals surface area contributed by atoms with Crippen LogP contribution in [0.2, 0.25) is 0 Å². The molecule has 4 heteroatoms. The maximum atomic E-state index is 10.5. The number of benzene rings is 1. The van der Waals surface area contributed by atoms with E-state index in [2.05, 4.69) is 15.9 Å². The average Bonchev–Trinajstić information content (AvgIpc) is 2.09. The number of phenols is 1. The molecule has 0 aliphatic carbocycles. The van der Waals surface area contributed by atoms with Gasteiger partial charge in [-0.25, -0.2) is 0 Å². The highest BCUT2D eigenvalue weighted by molar-refractivity contribution is 9.10. The first-order valence-electron chi connectivity index (χ1n) is 3.21. The Labute approximate surface area is 78.1 Å². The Morgan fingerprint density at radius 2 is 2.25 bits per heavy atom. The molecule has 1 aromatic carbocycles. The van der Waals surface area contributed by atoms with Gasteiger partial charge in [-0.05, 0) is 28.1 Å². The third-order valence-electron chi connectivity index (χ3n) is 1.47. The summed E-state index contributed by atoms with van der Waals surface area (Å²) in [6.07, 6.45) is 0.554. The largest absolute Gasteiger partial charge is 0.506 e. The Morgan fingerprint density at radius 3 is 2.75 bits per heavy atom. The van der Waals surface area contributed by atoms with Crippen molar-refractivity contribution in [3.05, 3.63) is 22.2 Å². The first kappa shape index (κ1) is 9.06. The molecule has 0 unspecified atom stereocenters. The summed E-state index contributed by atoms with van der Waals surface area (Å²) < 4.78 is 5.34. The fourth-order valence-corrected chi connectivity index (χ4v) is 1.20. The molecule has 0 radical (unpaired) electrons. The van der Waals surface area contributed by atoms with E-state index in [0.29, 0.717) is 16.5 Å². The molecule has 0 spiro atoms. The Balaban J connectivity index is 3.35. The molecule has 0 atom stereocenters. The fraction of sp³-hybridized carbons (Fsp3) is 0.125. The predicted octanol–water partition coefficient (Wildman–Crippen LogP) is 1.98. The Bertz CT molecular complexity index is 309. The van der Waals surface area contributed by atoms with Crippen LogP contribution in [0.15, 0.2) is 16.6 Å². The summed E-state index contributed by atoms with van der Waals surface area (Å²) in [5.41, 5.74) is 0.159. The molecule has 0 amide bonds. The van der Waals surface area contributed by atoms with E-state index in [9.17, 15) is 9.90 Å². The topological polar surface area (TPSA) is 46.5 Å². The first-order valence-corrected chi connectivity index (χ1v) is 4.00. The van der Waals surface area contributed by atoms with Gasteiger partial charge >= 0.3 is 0 Å². The second-order valence-electron chi connectivity index (χ2n) is 2.13. The Hall–Kier alpha value is -1.03. The van der Waals surface area contributed by atoms with Crippen LogP contribution in [0.4, 0.5) is 0 Å². The van der Waals surface area contributed by atoms with Gasteiger partial charge in [-0.15, -0.1) is 0 Å². The lowest BCUT2D eigenvalue weighted by Gasteiger charge is -2.05. The number of halogens is 1. The van der Waals surface area contributed by atoms with Crippen LogP contribution in [0.1, 0.15) is 10.4 Å². The van der Waals surface area contributed by atoms with Gasteiger partial charge in [0.25, 0.3) is 0 Å². The summed E-state index contributed by atoms with van der Waals surface area (Å²) >= 11 is 3.09. The SMILES string of the molecule is COc1ccc(Br)c(O)c1C=O. The van der Waals surface area contributed by atoms with Crippen molar-refractivity contribution in [1.82, 2.24) is 0 Å². The number of methoxy groups -OCH3 is 1. The van der Waals surface area contributed by atoms with Crippen LogP contribution < -0.4 is 4.74 Å². The number of hydrogen-bond donors (Lipinski definition) is 1. The molecule has 0 saturated heterocycles. The zero-order chi connectivity index (χ0) is 9.14. The van der Waals surface area contributed by atoms with E-state index < -0.39 is 0 Å². The lowest BCUT2D eigenvalue weighted by atomic mass is 10.2. The summed E-state index contributed by atoms with van der Waals surface area (Å²) in [6.45, 7) is 0. The number of hydrogen-bond acceptors (Lipinski definition) is 3. The van der Waals surface area contributed by atoms with E-state index in [1.807, 2.05) is 0 Å². The standard InChI is InChI=1S/C8H7BrO3/c1-12-7-3-2-6(9)8(11)5(7)4-10/h2-4,11H,1H3. The quantitative estimate of drug-likeness (QED) is 0.791. The van der Waals surface area contributed by atoms with Gasteiger partial charge in [0.1, 0.15) is 11.5 Å². The van der Waals surface area contributed by atoms with Gasteiger partial charge in [-0.3, -0.25) is 4.79 Å². The van der Waals surface area contributed by atoms with Crippen LogP contribution in [-0.4, -0.2) is 18.5 Å². The zero-order valence-corrected chi connectivity index (χ0v) is 7.96. The fourth-order valence-electron chi connectivity index (χ4n) is 0.855. The second-order valence-corrected chi connectivity index (χ2v) is 2.98. The monoisotopic (exact) mass is 230 g/mol. The molecule has 0 aliphatic heterocycles. The van der Waals surface area contributed by atoms with Crippen molar-refractivity contribution in [3.8, 4) is 11.5 Å². The zero-order valence-electron chi connectivity index (χ0n) is 6.37. The van der Waals surface area contributed by atoms with Crippen LogP contribution in [0, 0.1) is 0 Å². The van der Waals surface area contributed by atoms with Gasteiger partial charge < -0.3 is 9.84 Å². The minimum atomic E-state index is -0.0932. The van der Waals surface area contributed by atoms with Crippen LogP contribution in [0.25, 0.3) is 0 Å². The van der Waals surface area contributed by atoms with Gasteiger partial charge in [-0.2, -0.15) is 0 Å². The molecule has 1 rings (SSSR count). The number of rotatable bonds is 2. The third-order valence-corrected chi connectivity index (χ3v) is 2.11. The molecule has 0 bridgehead atoms. The van der Waals surface area contributed by atoms with Crippen molar-refractivity contribution < 1.29 is 14.6 Å². The summed E-state index contributed by atoms with van der Waals surface area (Å²) in [7, 11) is 1.44. The van der Waals surface area contributed by atoms with Crippen LogP contribution in [0.3, 0.4) is 0 Å². The maximum absolute atomic E-state index is 10.5. The smallest absolute Gasteiger partial charge is 0.157 e.